The van der Waals surface area contributed by atoms with Crippen LogP contribution in [0.15, 0.2) is 42.5 Å². The predicted octanol–water partition coefficient (Wildman–Crippen LogP) is 4.19. The molecule has 31 heavy (non-hydrogen) atoms. The summed E-state index contributed by atoms with van der Waals surface area (Å²) in [6, 6.07) is 12.6. The van der Waals surface area contributed by atoms with Crippen LogP contribution < -0.4 is 9.47 Å². The Kier molecular flexibility index (Phi) is 7.36. The highest BCUT2D eigenvalue weighted by Crippen LogP contribution is 2.46. The summed E-state index contributed by atoms with van der Waals surface area (Å²) >= 11 is 0. The molecule has 1 amide bonds. The molecule has 2 atom stereocenters. The van der Waals surface area contributed by atoms with Crippen LogP contribution in [0.4, 0.5) is 4.79 Å². The zero-order chi connectivity index (χ0) is 22.4. The van der Waals surface area contributed by atoms with E-state index in [4.69, 9.17) is 23.8 Å². The van der Waals surface area contributed by atoms with Gasteiger partial charge in [0.1, 0.15) is 12.1 Å². The third-order valence-electron chi connectivity index (χ3n) is 5.09. The molecule has 0 fully saturated rings. The fraction of sp³-hybridized carbons (Fsp3) is 0.391. The van der Waals surface area contributed by atoms with Crippen LogP contribution in [0.25, 0.3) is 0 Å². The van der Waals surface area contributed by atoms with Gasteiger partial charge in [0.2, 0.25) is 0 Å². The van der Waals surface area contributed by atoms with Gasteiger partial charge in [-0.25, -0.2) is 4.79 Å². The Bertz CT molecular complexity index is 916. The molecule has 3 rings (SSSR count). The molecule has 2 aromatic carbocycles. The van der Waals surface area contributed by atoms with Gasteiger partial charge in [-0.2, -0.15) is 5.06 Å². The van der Waals surface area contributed by atoms with E-state index in [0.717, 1.165) is 16.7 Å². The number of carbonyl (C=O) groups excluding carboxylic acids is 2. The van der Waals surface area contributed by atoms with Crippen LogP contribution in [0.2, 0.25) is 0 Å². The molecule has 1 aliphatic heterocycles. The molecule has 8 heteroatoms. The van der Waals surface area contributed by atoms with Crippen molar-refractivity contribution < 1.29 is 33.4 Å². The largest absolute Gasteiger partial charge is 0.493 e. The number of carbonyl (C=O) groups is 2. The number of hydrogen-bond acceptors (Lipinski definition) is 7. The molecule has 2 unspecified atom stereocenters. The van der Waals surface area contributed by atoms with Gasteiger partial charge >= 0.3 is 12.1 Å². The molecule has 166 valence electrons. The topological polar surface area (TPSA) is 83.5 Å². The first-order valence-electron chi connectivity index (χ1n) is 10.0. The van der Waals surface area contributed by atoms with Gasteiger partial charge in [0.15, 0.2) is 11.5 Å². The average molecular weight is 429 g/mol. The number of methoxy groups -OCH3 is 3. The minimum absolute atomic E-state index is 0.136. The van der Waals surface area contributed by atoms with Crippen LogP contribution in [0.3, 0.4) is 0 Å². The molecule has 0 bridgehead atoms. The summed E-state index contributed by atoms with van der Waals surface area (Å²) in [6.45, 7) is 2.06. The SMILES string of the molecule is CCOC(=O)CCC1ON(C(=O)OC)C(c2ccccc2)c2cc(OC)c(OC)cc21. The lowest BCUT2D eigenvalue weighted by molar-refractivity contribution is -0.206. The highest BCUT2D eigenvalue weighted by Gasteiger charge is 2.40. The van der Waals surface area contributed by atoms with Crippen molar-refractivity contribution in [3.05, 3.63) is 59.2 Å². The van der Waals surface area contributed by atoms with Gasteiger partial charge in [-0.1, -0.05) is 30.3 Å². The van der Waals surface area contributed by atoms with Crippen LogP contribution >= 0.6 is 0 Å². The van der Waals surface area contributed by atoms with E-state index < -0.39 is 18.2 Å². The zero-order valence-corrected chi connectivity index (χ0v) is 18.1. The normalized spacial score (nSPS) is 17.5. The second-order valence-corrected chi connectivity index (χ2v) is 6.88. The number of rotatable bonds is 7. The number of esters is 1. The van der Waals surface area contributed by atoms with Crippen molar-refractivity contribution in [2.45, 2.75) is 31.9 Å². The van der Waals surface area contributed by atoms with Crippen molar-refractivity contribution in [2.24, 2.45) is 0 Å². The second kappa shape index (κ2) is 10.2. The standard InChI is InChI=1S/C23H27NO7/c1-5-30-21(25)12-11-18-16-13-19(27-2)20(28-3)14-17(16)22(15-9-7-6-8-10-15)24(31-18)23(26)29-4/h6-10,13-14,18,22H,5,11-12H2,1-4H3. The summed E-state index contributed by atoms with van der Waals surface area (Å²) < 4.78 is 21.0. The van der Waals surface area contributed by atoms with E-state index in [1.54, 1.807) is 21.1 Å². The number of hydroxylamine groups is 2. The quantitative estimate of drug-likeness (QED) is 0.610. The molecule has 8 nitrogen and oxygen atoms in total. The number of fused-ring (bicyclic) bond motifs is 1. The van der Waals surface area contributed by atoms with E-state index in [9.17, 15) is 9.59 Å². The van der Waals surface area contributed by atoms with Crippen molar-refractivity contribution in [3.63, 3.8) is 0 Å². The van der Waals surface area contributed by atoms with Crippen LogP contribution in [0.5, 0.6) is 11.5 Å². The summed E-state index contributed by atoms with van der Waals surface area (Å²) in [5.74, 6) is 0.727. The highest BCUT2D eigenvalue weighted by molar-refractivity contribution is 5.70. The molecule has 1 aliphatic rings. The van der Waals surface area contributed by atoms with E-state index in [-0.39, 0.29) is 12.4 Å². The first kappa shape index (κ1) is 22.4. The smallest absolute Gasteiger partial charge is 0.434 e. The molecule has 2 aromatic rings. The summed E-state index contributed by atoms with van der Waals surface area (Å²) in [6.07, 6.45) is -0.776. The second-order valence-electron chi connectivity index (χ2n) is 6.88. The minimum Gasteiger partial charge on any atom is -0.493 e. The highest BCUT2D eigenvalue weighted by atomic mass is 16.7. The third-order valence-corrected chi connectivity index (χ3v) is 5.09. The third kappa shape index (κ3) is 4.74. The average Bonchev–Trinajstić information content (AvgIpc) is 2.81. The molecule has 0 spiro atoms. The lowest BCUT2D eigenvalue weighted by atomic mass is 9.88. The summed E-state index contributed by atoms with van der Waals surface area (Å²) in [7, 11) is 4.40. The van der Waals surface area contributed by atoms with Crippen molar-refractivity contribution in [3.8, 4) is 11.5 Å². The molecule has 0 N–H and O–H groups in total. The number of hydrogen-bond donors (Lipinski definition) is 0. The summed E-state index contributed by atoms with van der Waals surface area (Å²) in [4.78, 5) is 30.7. The number of ether oxygens (including phenoxy) is 4. The Hall–Kier alpha value is -3.26. The van der Waals surface area contributed by atoms with Gasteiger partial charge in [0.05, 0.1) is 27.9 Å². The Morgan fingerprint density at radius 3 is 2.23 bits per heavy atom. The Morgan fingerprint density at radius 2 is 1.65 bits per heavy atom. The van der Waals surface area contributed by atoms with Gasteiger partial charge in [-0.15, -0.1) is 0 Å². The lowest BCUT2D eigenvalue weighted by Gasteiger charge is -2.40. The summed E-state index contributed by atoms with van der Waals surface area (Å²) in [5, 5.41) is 1.21. The van der Waals surface area contributed by atoms with E-state index in [2.05, 4.69) is 0 Å². The van der Waals surface area contributed by atoms with Gasteiger partial charge in [-0.3, -0.25) is 9.63 Å². The van der Waals surface area contributed by atoms with Crippen molar-refractivity contribution in [2.75, 3.05) is 27.9 Å². The van der Waals surface area contributed by atoms with Crippen molar-refractivity contribution >= 4 is 12.1 Å². The fourth-order valence-electron chi connectivity index (χ4n) is 3.69. The van der Waals surface area contributed by atoms with E-state index in [1.807, 2.05) is 42.5 Å². The van der Waals surface area contributed by atoms with Crippen LogP contribution in [-0.2, 0) is 19.1 Å². The number of nitrogens with zero attached hydrogens (tertiary/aromatic N) is 1. The van der Waals surface area contributed by atoms with Gasteiger partial charge < -0.3 is 18.9 Å². The van der Waals surface area contributed by atoms with Crippen molar-refractivity contribution in [1.29, 1.82) is 0 Å². The van der Waals surface area contributed by atoms with E-state index in [0.29, 0.717) is 24.5 Å². The van der Waals surface area contributed by atoms with Crippen LogP contribution in [0, 0.1) is 0 Å². The first-order chi connectivity index (χ1) is 15.0. The molecular weight excluding hydrogens is 402 g/mol. The number of amides is 1. The first-order valence-corrected chi connectivity index (χ1v) is 10.0. The lowest BCUT2D eigenvalue weighted by Crippen LogP contribution is -2.41. The minimum atomic E-state index is -0.643. The molecule has 1 heterocycles. The Morgan fingerprint density at radius 1 is 1.00 bits per heavy atom. The fourth-order valence-corrected chi connectivity index (χ4v) is 3.69. The number of benzene rings is 2. The maximum absolute atomic E-state index is 12.7. The molecule has 0 radical (unpaired) electrons. The predicted molar refractivity (Wildman–Crippen MR) is 112 cm³/mol. The van der Waals surface area contributed by atoms with Crippen molar-refractivity contribution in [1.82, 2.24) is 5.06 Å². The Balaban J connectivity index is 2.12. The molecule has 0 aliphatic carbocycles. The zero-order valence-electron chi connectivity index (χ0n) is 18.1. The monoisotopic (exact) mass is 429 g/mol. The molecule has 0 saturated heterocycles. The van der Waals surface area contributed by atoms with Gasteiger partial charge in [-0.05, 0) is 42.2 Å². The molecular formula is C23H27NO7. The maximum Gasteiger partial charge on any atom is 0.434 e. The van der Waals surface area contributed by atoms with Crippen LogP contribution in [0.1, 0.15) is 48.6 Å². The van der Waals surface area contributed by atoms with Gasteiger partial charge in [0.25, 0.3) is 0 Å². The molecule has 0 aromatic heterocycles. The van der Waals surface area contributed by atoms with Crippen LogP contribution in [-0.4, -0.2) is 45.1 Å². The maximum atomic E-state index is 12.7. The van der Waals surface area contributed by atoms with E-state index in [1.165, 1.54) is 12.2 Å². The molecule has 0 saturated carbocycles. The summed E-state index contributed by atoms with van der Waals surface area (Å²) in [5.41, 5.74) is 2.44. The van der Waals surface area contributed by atoms with E-state index >= 15 is 0 Å². The Labute approximate surface area is 181 Å². The van der Waals surface area contributed by atoms with Gasteiger partial charge in [0, 0.05) is 6.42 Å².